The molecule has 212 valence electrons. The van der Waals surface area contributed by atoms with Gasteiger partial charge in [0.15, 0.2) is 0 Å². The molecule has 0 bridgehead atoms. The van der Waals surface area contributed by atoms with Crippen molar-refractivity contribution in [3.8, 4) is 11.5 Å². The first-order chi connectivity index (χ1) is 20.2. The Labute approximate surface area is 264 Å². The number of rotatable bonds is 8. The Morgan fingerprint density at radius 1 is 0.762 bits per heavy atom. The predicted octanol–water partition coefficient (Wildman–Crippen LogP) is 8.23. The molecule has 0 atom stereocenters. The highest BCUT2D eigenvalue weighted by atomic mass is 79.9. The van der Waals surface area contributed by atoms with Crippen LogP contribution in [0.1, 0.15) is 16.7 Å². The Hall–Kier alpha value is -3.82. The van der Waals surface area contributed by atoms with Crippen LogP contribution in [-0.4, -0.2) is 17.8 Å². The van der Waals surface area contributed by atoms with Gasteiger partial charge in [-0.25, -0.2) is 9.69 Å². The summed E-state index contributed by atoms with van der Waals surface area (Å²) in [4.78, 5) is 39.5. The molecule has 0 aliphatic carbocycles. The molecule has 4 aromatic rings. The van der Waals surface area contributed by atoms with E-state index in [2.05, 4.69) is 21.2 Å². The molecule has 4 aromatic carbocycles. The number of anilines is 1. The van der Waals surface area contributed by atoms with Crippen LogP contribution in [0.25, 0.3) is 6.08 Å². The number of hydrogen-bond donors (Lipinski definition) is 1. The molecule has 4 amide bonds. The quantitative estimate of drug-likeness (QED) is 0.149. The molecule has 1 aliphatic rings. The Kier molecular flexibility index (Phi) is 9.18. The summed E-state index contributed by atoms with van der Waals surface area (Å²) in [6, 6.07) is 23.1. The number of carbonyl (C=O) groups excluding carboxylic acids is 3. The summed E-state index contributed by atoms with van der Waals surface area (Å²) in [5, 5.41) is 3.75. The highest BCUT2D eigenvalue weighted by Gasteiger charge is 2.36. The fourth-order valence-electron chi connectivity index (χ4n) is 4.01. The molecule has 5 rings (SSSR count). The molecule has 1 N–H and O–H groups in total. The maximum Gasteiger partial charge on any atom is 0.335 e. The van der Waals surface area contributed by atoms with Crippen molar-refractivity contribution < 1.29 is 23.9 Å². The van der Waals surface area contributed by atoms with E-state index in [0.717, 1.165) is 16.0 Å². The van der Waals surface area contributed by atoms with Crippen molar-refractivity contribution in [1.82, 2.24) is 5.32 Å². The number of halogens is 4. The molecule has 1 fully saturated rings. The van der Waals surface area contributed by atoms with Crippen LogP contribution in [0.3, 0.4) is 0 Å². The zero-order chi connectivity index (χ0) is 29.8. The van der Waals surface area contributed by atoms with Gasteiger partial charge < -0.3 is 9.47 Å². The molecule has 0 spiro atoms. The second-order valence-corrected chi connectivity index (χ2v) is 11.2. The average Bonchev–Trinajstić information content (AvgIpc) is 2.97. The molecule has 0 saturated carbocycles. The van der Waals surface area contributed by atoms with Gasteiger partial charge in [-0.1, -0.05) is 59.1 Å². The summed E-state index contributed by atoms with van der Waals surface area (Å²) in [6.45, 7) is 0.564. The number of hydrogen-bond acceptors (Lipinski definition) is 5. The molecule has 1 aliphatic heterocycles. The largest absolute Gasteiger partial charge is 0.489 e. The maximum absolute atomic E-state index is 13.3. The third-order valence-electron chi connectivity index (χ3n) is 6.16. The number of nitrogens with one attached hydrogen (secondary N) is 1. The monoisotopic (exact) mass is 684 g/mol. The van der Waals surface area contributed by atoms with Crippen LogP contribution in [0.2, 0.25) is 15.1 Å². The normalized spacial score (nSPS) is 14.2. The lowest BCUT2D eigenvalue weighted by atomic mass is 10.1. The van der Waals surface area contributed by atoms with Crippen LogP contribution in [0.15, 0.2) is 95.0 Å². The lowest BCUT2D eigenvalue weighted by molar-refractivity contribution is -0.122. The van der Waals surface area contributed by atoms with Crippen LogP contribution >= 0.6 is 50.7 Å². The number of ether oxygens (including phenoxy) is 2. The van der Waals surface area contributed by atoms with E-state index in [1.165, 1.54) is 6.08 Å². The van der Waals surface area contributed by atoms with E-state index < -0.39 is 17.8 Å². The van der Waals surface area contributed by atoms with Crippen molar-refractivity contribution in [3.05, 3.63) is 127 Å². The van der Waals surface area contributed by atoms with E-state index in [1.807, 2.05) is 18.2 Å². The van der Waals surface area contributed by atoms with Crippen molar-refractivity contribution in [2.24, 2.45) is 0 Å². The number of urea groups is 1. The number of amides is 4. The first kappa shape index (κ1) is 29.7. The fourth-order valence-corrected chi connectivity index (χ4v) is 4.97. The maximum atomic E-state index is 13.3. The molecule has 11 heteroatoms. The van der Waals surface area contributed by atoms with Crippen molar-refractivity contribution in [2.75, 3.05) is 4.90 Å². The van der Waals surface area contributed by atoms with E-state index in [9.17, 15) is 14.4 Å². The number of nitrogens with zero attached hydrogens (tertiary/aromatic N) is 1. The van der Waals surface area contributed by atoms with Gasteiger partial charge in [-0.05, 0) is 99.4 Å². The van der Waals surface area contributed by atoms with E-state index in [1.54, 1.807) is 66.7 Å². The first-order valence-corrected chi connectivity index (χ1v) is 14.4. The molecule has 1 saturated heterocycles. The van der Waals surface area contributed by atoms with Gasteiger partial charge in [0.1, 0.15) is 30.3 Å². The summed E-state index contributed by atoms with van der Waals surface area (Å²) in [6.07, 6.45) is 1.41. The van der Waals surface area contributed by atoms with Crippen molar-refractivity contribution in [2.45, 2.75) is 13.2 Å². The Bertz CT molecular complexity index is 1710. The van der Waals surface area contributed by atoms with E-state index >= 15 is 0 Å². The van der Waals surface area contributed by atoms with Gasteiger partial charge >= 0.3 is 6.03 Å². The van der Waals surface area contributed by atoms with Gasteiger partial charge in [0, 0.05) is 5.02 Å². The molecule has 7 nitrogen and oxygen atoms in total. The van der Waals surface area contributed by atoms with Crippen molar-refractivity contribution in [3.63, 3.8) is 0 Å². The minimum absolute atomic E-state index is 0.200. The van der Waals surface area contributed by atoms with Crippen LogP contribution in [0.5, 0.6) is 11.5 Å². The lowest BCUT2D eigenvalue weighted by Crippen LogP contribution is -2.54. The fraction of sp³-hybridized carbons (Fsp3) is 0.0645. The Morgan fingerprint density at radius 2 is 1.45 bits per heavy atom. The molecular formula is C31H20BrCl3N2O5. The Morgan fingerprint density at radius 3 is 2.14 bits per heavy atom. The number of barbiturate groups is 1. The van der Waals surface area contributed by atoms with Gasteiger partial charge in [-0.3, -0.25) is 14.9 Å². The van der Waals surface area contributed by atoms with Gasteiger partial charge in [-0.2, -0.15) is 0 Å². The minimum atomic E-state index is -0.843. The molecule has 42 heavy (non-hydrogen) atoms. The smallest absolute Gasteiger partial charge is 0.335 e. The van der Waals surface area contributed by atoms with Crippen LogP contribution in [0, 0.1) is 0 Å². The molecular weight excluding hydrogens is 667 g/mol. The van der Waals surface area contributed by atoms with Crippen molar-refractivity contribution >= 4 is 80.3 Å². The van der Waals surface area contributed by atoms with Crippen LogP contribution in [0.4, 0.5) is 10.5 Å². The summed E-state index contributed by atoms with van der Waals surface area (Å²) in [7, 11) is 0. The summed E-state index contributed by atoms with van der Waals surface area (Å²) in [5.41, 5.74) is 2.39. The van der Waals surface area contributed by atoms with Gasteiger partial charge in [0.25, 0.3) is 11.8 Å². The van der Waals surface area contributed by atoms with Gasteiger partial charge in [0.2, 0.25) is 0 Å². The van der Waals surface area contributed by atoms with Crippen LogP contribution in [-0.2, 0) is 22.8 Å². The zero-order valence-corrected chi connectivity index (χ0v) is 25.4. The summed E-state index contributed by atoms with van der Waals surface area (Å²) in [5.74, 6) is -0.468. The third kappa shape index (κ3) is 6.97. The highest BCUT2D eigenvalue weighted by molar-refractivity contribution is 9.10. The molecule has 0 aromatic heterocycles. The second kappa shape index (κ2) is 13.0. The summed E-state index contributed by atoms with van der Waals surface area (Å²) >= 11 is 21.4. The van der Waals surface area contributed by atoms with Gasteiger partial charge in [-0.15, -0.1) is 0 Å². The number of carbonyl (C=O) groups is 3. The lowest BCUT2D eigenvalue weighted by Gasteiger charge is -2.26. The van der Waals surface area contributed by atoms with E-state index in [4.69, 9.17) is 44.3 Å². The second-order valence-electron chi connectivity index (χ2n) is 9.09. The summed E-state index contributed by atoms with van der Waals surface area (Å²) < 4.78 is 12.2. The predicted molar refractivity (Wildman–Crippen MR) is 166 cm³/mol. The molecule has 1 heterocycles. The SMILES string of the molecule is O=C1NC(=O)N(c2ccc(OCc3ccc(Cl)cc3)cc2)C(=O)/C1=C/c1ccc(OCc2ccc(Cl)c(Cl)c2)c(Br)c1. The molecule has 0 radical (unpaired) electrons. The third-order valence-corrected chi connectivity index (χ3v) is 7.77. The molecule has 0 unspecified atom stereocenters. The Balaban J connectivity index is 1.28. The van der Waals surface area contributed by atoms with Gasteiger partial charge in [0.05, 0.1) is 20.2 Å². The minimum Gasteiger partial charge on any atom is -0.489 e. The van der Waals surface area contributed by atoms with Crippen LogP contribution < -0.4 is 19.7 Å². The topological polar surface area (TPSA) is 84.9 Å². The van der Waals surface area contributed by atoms with Crippen molar-refractivity contribution in [1.29, 1.82) is 0 Å². The highest BCUT2D eigenvalue weighted by Crippen LogP contribution is 2.30. The first-order valence-electron chi connectivity index (χ1n) is 12.4. The number of benzene rings is 4. The van der Waals surface area contributed by atoms with E-state index in [0.29, 0.717) is 43.2 Å². The number of imide groups is 2. The standard InChI is InChI=1S/C31H20BrCl3N2O5/c32-25-14-19(4-12-28(25)42-17-20-3-11-26(34)27(35)15-20)13-24-29(38)36-31(40)37(30(24)39)22-7-9-23(10-8-22)41-16-18-1-5-21(33)6-2-18/h1-15H,16-17H2,(H,36,38,40)/b24-13+. The average molecular weight is 687 g/mol. The zero-order valence-electron chi connectivity index (χ0n) is 21.6. The van der Waals surface area contributed by atoms with E-state index in [-0.39, 0.29) is 17.9 Å².